The Morgan fingerprint density at radius 3 is 2.93 bits per heavy atom. The summed E-state index contributed by atoms with van der Waals surface area (Å²) in [7, 11) is 1.53. The highest BCUT2D eigenvalue weighted by atomic mass is 16.5. The molecular formula is C9H10N2O3. The van der Waals surface area contributed by atoms with Crippen LogP contribution in [-0.2, 0) is 4.79 Å². The second-order valence-corrected chi connectivity index (χ2v) is 2.41. The van der Waals surface area contributed by atoms with Crippen molar-refractivity contribution in [1.82, 2.24) is 4.98 Å². The minimum atomic E-state index is -1.00. The third-order valence-electron chi connectivity index (χ3n) is 1.42. The van der Waals surface area contributed by atoms with Crippen molar-refractivity contribution in [2.45, 2.75) is 0 Å². The molecule has 2 N–H and O–H groups in total. The average Bonchev–Trinajstić information content (AvgIpc) is 2.18. The molecule has 0 saturated carbocycles. The molecule has 1 heterocycles. The highest BCUT2D eigenvalue weighted by Crippen LogP contribution is 2.10. The Hall–Kier alpha value is -2.04. The van der Waals surface area contributed by atoms with Crippen LogP contribution in [0.15, 0.2) is 30.6 Å². The summed E-state index contributed by atoms with van der Waals surface area (Å²) in [4.78, 5) is 14.1. The van der Waals surface area contributed by atoms with Gasteiger partial charge >= 0.3 is 5.97 Å². The summed E-state index contributed by atoms with van der Waals surface area (Å²) in [5.41, 5.74) is 0.698. The molecule has 5 nitrogen and oxygen atoms in total. The van der Waals surface area contributed by atoms with E-state index in [1.54, 1.807) is 18.3 Å². The highest BCUT2D eigenvalue weighted by Gasteiger charge is 1.92. The molecular weight excluding hydrogens is 184 g/mol. The number of pyridine rings is 1. The Kier molecular flexibility index (Phi) is 3.49. The van der Waals surface area contributed by atoms with Crippen LogP contribution in [0.3, 0.4) is 0 Å². The fourth-order valence-electron chi connectivity index (χ4n) is 0.796. The van der Waals surface area contributed by atoms with E-state index in [9.17, 15) is 4.79 Å². The van der Waals surface area contributed by atoms with Crippen molar-refractivity contribution < 1.29 is 14.6 Å². The molecule has 0 unspecified atom stereocenters. The second kappa shape index (κ2) is 4.86. The van der Waals surface area contributed by atoms with Gasteiger partial charge in [-0.25, -0.2) is 9.78 Å². The smallest absolute Gasteiger partial charge is 0.329 e. The van der Waals surface area contributed by atoms with Gasteiger partial charge in [-0.1, -0.05) is 0 Å². The lowest BCUT2D eigenvalue weighted by atomic mass is 10.4. The lowest BCUT2D eigenvalue weighted by molar-refractivity contribution is -0.131. The number of carbonyl (C=O) groups is 1. The summed E-state index contributed by atoms with van der Waals surface area (Å²) in [6.45, 7) is 0. The standard InChI is InChI=1S/C9H10N2O3/c1-14-8-3-2-7(6-11-8)10-5-4-9(12)13/h2-6,10H,1H3,(H,12,13). The van der Waals surface area contributed by atoms with E-state index in [1.807, 2.05) is 0 Å². The number of ether oxygens (including phenoxy) is 1. The normalized spacial score (nSPS) is 10.1. The summed E-state index contributed by atoms with van der Waals surface area (Å²) >= 11 is 0. The van der Waals surface area contributed by atoms with Crippen LogP contribution in [0, 0.1) is 0 Å². The number of carboxylic acids is 1. The van der Waals surface area contributed by atoms with Gasteiger partial charge in [-0.2, -0.15) is 0 Å². The van der Waals surface area contributed by atoms with Gasteiger partial charge in [0.15, 0.2) is 0 Å². The SMILES string of the molecule is COc1ccc(NC=CC(=O)O)cn1. The van der Waals surface area contributed by atoms with E-state index in [4.69, 9.17) is 9.84 Å². The van der Waals surface area contributed by atoms with Crippen LogP contribution in [-0.4, -0.2) is 23.2 Å². The van der Waals surface area contributed by atoms with Gasteiger partial charge in [-0.3, -0.25) is 0 Å². The van der Waals surface area contributed by atoms with Crippen LogP contribution in [0.4, 0.5) is 5.69 Å². The molecule has 0 spiro atoms. The molecule has 0 aliphatic carbocycles. The van der Waals surface area contributed by atoms with Crippen LogP contribution in [0.1, 0.15) is 0 Å². The number of hydrogen-bond acceptors (Lipinski definition) is 4. The maximum atomic E-state index is 10.1. The Morgan fingerprint density at radius 2 is 2.43 bits per heavy atom. The summed E-state index contributed by atoms with van der Waals surface area (Å²) in [5, 5.41) is 11.1. The summed E-state index contributed by atoms with van der Waals surface area (Å²) < 4.78 is 4.86. The molecule has 1 rings (SSSR count). The number of anilines is 1. The van der Waals surface area contributed by atoms with Gasteiger partial charge in [-0.05, 0) is 6.07 Å². The van der Waals surface area contributed by atoms with Crippen molar-refractivity contribution in [1.29, 1.82) is 0 Å². The number of aromatic nitrogens is 1. The third kappa shape index (κ3) is 3.14. The van der Waals surface area contributed by atoms with E-state index in [0.29, 0.717) is 11.6 Å². The number of nitrogens with zero attached hydrogens (tertiary/aromatic N) is 1. The maximum Gasteiger partial charge on any atom is 0.329 e. The highest BCUT2D eigenvalue weighted by molar-refractivity contribution is 5.80. The Bertz CT molecular complexity index is 332. The predicted octanol–water partition coefficient (Wildman–Crippen LogP) is 1.10. The fraction of sp³-hybridized carbons (Fsp3) is 0.111. The number of aliphatic carboxylic acids is 1. The lowest BCUT2D eigenvalue weighted by Crippen LogP contribution is -1.93. The van der Waals surface area contributed by atoms with Crippen molar-refractivity contribution in [2.75, 3.05) is 12.4 Å². The van der Waals surface area contributed by atoms with Crippen LogP contribution < -0.4 is 10.1 Å². The van der Waals surface area contributed by atoms with Crippen LogP contribution in [0.2, 0.25) is 0 Å². The van der Waals surface area contributed by atoms with Crippen molar-refractivity contribution in [3.05, 3.63) is 30.6 Å². The number of methoxy groups -OCH3 is 1. The Balaban J connectivity index is 2.56. The minimum absolute atomic E-state index is 0.512. The number of hydrogen-bond donors (Lipinski definition) is 2. The molecule has 0 radical (unpaired) electrons. The molecule has 1 aromatic heterocycles. The molecule has 0 aliphatic heterocycles. The first-order chi connectivity index (χ1) is 6.72. The van der Waals surface area contributed by atoms with Gasteiger partial charge in [0.05, 0.1) is 19.0 Å². The van der Waals surface area contributed by atoms with Gasteiger partial charge in [0.1, 0.15) is 0 Å². The molecule has 0 amide bonds. The van der Waals surface area contributed by atoms with E-state index in [0.717, 1.165) is 6.08 Å². The first kappa shape index (κ1) is 10.0. The average molecular weight is 194 g/mol. The van der Waals surface area contributed by atoms with E-state index in [-0.39, 0.29) is 0 Å². The lowest BCUT2D eigenvalue weighted by Gasteiger charge is -2.00. The Morgan fingerprint density at radius 1 is 1.64 bits per heavy atom. The first-order valence-electron chi connectivity index (χ1n) is 3.88. The zero-order valence-corrected chi connectivity index (χ0v) is 7.60. The van der Waals surface area contributed by atoms with Gasteiger partial charge < -0.3 is 15.2 Å². The molecule has 0 atom stereocenters. The third-order valence-corrected chi connectivity index (χ3v) is 1.42. The van der Waals surface area contributed by atoms with Crippen LogP contribution in [0.25, 0.3) is 0 Å². The summed E-state index contributed by atoms with van der Waals surface area (Å²) in [6, 6.07) is 3.41. The van der Waals surface area contributed by atoms with Gasteiger partial charge in [0.25, 0.3) is 0 Å². The van der Waals surface area contributed by atoms with E-state index in [1.165, 1.54) is 13.3 Å². The Labute approximate surface area is 81.0 Å². The molecule has 0 fully saturated rings. The molecule has 14 heavy (non-hydrogen) atoms. The first-order valence-corrected chi connectivity index (χ1v) is 3.88. The van der Waals surface area contributed by atoms with Crippen molar-refractivity contribution in [3.8, 4) is 5.88 Å². The van der Waals surface area contributed by atoms with Crippen molar-refractivity contribution in [2.24, 2.45) is 0 Å². The van der Waals surface area contributed by atoms with Gasteiger partial charge in [0.2, 0.25) is 5.88 Å². The molecule has 0 aliphatic rings. The second-order valence-electron chi connectivity index (χ2n) is 2.41. The molecule has 0 saturated heterocycles. The van der Waals surface area contributed by atoms with Gasteiger partial charge in [0, 0.05) is 18.3 Å². The van der Waals surface area contributed by atoms with Crippen LogP contribution >= 0.6 is 0 Å². The van der Waals surface area contributed by atoms with E-state index < -0.39 is 5.97 Å². The molecule has 1 aromatic rings. The van der Waals surface area contributed by atoms with Crippen LogP contribution in [0.5, 0.6) is 5.88 Å². The number of rotatable bonds is 4. The monoisotopic (exact) mass is 194 g/mol. The topological polar surface area (TPSA) is 71.5 Å². The minimum Gasteiger partial charge on any atom is -0.481 e. The number of nitrogens with one attached hydrogen (secondary N) is 1. The number of carboxylic acid groups (broad SMARTS) is 1. The molecule has 0 bridgehead atoms. The zero-order valence-electron chi connectivity index (χ0n) is 7.60. The summed E-state index contributed by atoms with van der Waals surface area (Å²) in [6.07, 6.45) is 3.88. The summed E-state index contributed by atoms with van der Waals surface area (Å²) in [5.74, 6) is -0.489. The maximum absolute atomic E-state index is 10.1. The quantitative estimate of drug-likeness (QED) is 0.702. The molecule has 5 heteroatoms. The fourth-order valence-corrected chi connectivity index (χ4v) is 0.796. The van der Waals surface area contributed by atoms with Crippen molar-refractivity contribution >= 4 is 11.7 Å². The zero-order chi connectivity index (χ0) is 10.4. The van der Waals surface area contributed by atoms with Gasteiger partial charge in [-0.15, -0.1) is 0 Å². The molecule has 74 valence electrons. The molecule has 0 aromatic carbocycles. The van der Waals surface area contributed by atoms with E-state index in [2.05, 4.69) is 10.3 Å². The predicted molar refractivity (Wildman–Crippen MR) is 51.2 cm³/mol. The largest absolute Gasteiger partial charge is 0.481 e. The van der Waals surface area contributed by atoms with E-state index >= 15 is 0 Å². The van der Waals surface area contributed by atoms with Crippen molar-refractivity contribution in [3.63, 3.8) is 0 Å².